The molecule has 0 aliphatic carbocycles. The SMILES string of the molecule is Cc1oc(C(=O)NN)cc1CN1CC(CO)OCC1C. The zero-order valence-corrected chi connectivity index (χ0v) is 11.8. The van der Waals surface area contributed by atoms with E-state index in [1.807, 2.05) is 6.92 Å². The minimum atomic E-state index is -0.442. The predicted molar refractivity (Wildman–Crippen MR) is 71.8 cm³/mol. The van der Waals surface area contributed by atoms with Gasteiger partial charge in [0.05, 0.1) is 19.3 Å². The largest absolute Gasteiger partial charge is 0.456 e. The molecular formula is C13H21N3O4. The number of carbonyl (C=O) groups excluding carboxylic acids is 1. The van der Waals surface area contributed by atoms with Crippen molar-refractivity contribution < 1.29 is 19.1 Å². The summed E-state index contributed by atoms with van der Waals surface area (Å²) in [4.78, 5) is 13.6. The lowest BCUT2D eigenvalue weighted by molar-refractivity contribution is -0.0806. The van der Waals surface area contributed by atoms with Gasteiger partial charge in [-0.05, 0) is 19.9 Å². The standard InChI is InChI=1S/C13H21N3O4/c1-8-7-19-11(6-17)5-16(8)4-10-3-12(13(18)15-14)20-9(10)2/h3,8,11,17H,4-7,14H2,1-2H3,(H,15,18). The molecule has 0 saturated carbocycles. The monoisotopic (exact) mass is 283 g/mol. The molecule has 1 aromatic heterocycles. The first kappa shape index (κ1) is 15.0. The number of rotatable bonds is 4. The number of aliphatic hydroxyl groups is 1. The number of carbonyl (C=O) groups is 1. The molecule has 112 valence electrons. The Hall–Kier alpha value is -1.41. The Morgan fingerprint density at radius 2 is 2.40 bits per heavy atom. The van der Waals surface area contributed by atoms with Crippen LogP contribution in [0.4, 0.5) is 0 Å². The first-order chi connectivity index (χ1) is 9.55. The van der Waals surface area contributed by atoms with E-state index in [-0.39, 0.29) is 24.5 Å². The first-order valence-electron chi connectivity index (χ1n) is 6.62. The molecule has 1 aliphatic rings. The smallest absolute Gasteiger partial charge is 0.300 e. The number of morpholine rings is 1. The van der Waals surface area contributed by atoms with E-state index in [1.54, 1.807) is 6.07 Å². The lowest BCUT2D eigenvalue weighted by Crippen LogP contribution is -2.48. The Balaban J connectivity index is 2.08. The third kappa shape index (κ3) is 3.18. The second kappa shape index (κ2) is 6.36. The maximum Gasteiger partial charge on any atom is 0.300 e. The fraction of sp³-hybridized carbons (Fsp3) is 0.615. The van der Waals surface area contributed by atoms with Crippen LogP contribution in [-0.2, 0) is 11.3 Å². The van der Waals surface area contributed by atoms with Gasteiger partial charge in [0, 0.05) is 24.7 Å². The van der Waals surface area contributed by atoms with Crippen molar-refractivity contribution in [2.75, 3.05) is 19.8 Å². The molecule has 4 N–H and O–H groups in total. The molecule has 1 aromatic rings. The van der Waals surface area contributed by atoms with Crippen molar-refractivity contribution in [3.63, 3.8) is 0 Å². The van der Waals surface area contributed by atoms with Crippen LogP contribution in [0, 0.1) is 6.92 Å². The number of amides is 1. The summed E-state index contributed by atoms with van der Waals surface area (Å²) < 4.78 is 10.9. The zero-order chi connectivity index (χ0) is 14.7. The third-order valence-electron chi connectivity index (χ3n) is 3.59. The summed E-state index contributed by atoms with van der Waals surface area (Å²) in [6, 6.07) is 1.95. The molecule has 1 fully saturated rings. The highest BCUT2D eigenvalue weighted by Gasteiger charge is 2.27. The molecule has 0 bridgehead atoms. The van der Waals surface area contributed by atoms with Crippen LogP contribution < -0.4 is 11.3 Å². The van der Waals surface area contributed by atoms with Crippen molar-refractivity contribution in [1.29, 1.82) is 0 Å². The van der Waals surface area contributed by atoms with E-state index in [9.17, 15) is 9.90 Å². The molecule has 1 saturated heterocycles. The van der Waals surface area contributed by atoms with E-state index < -0.39 is 5.91 Å². The molecule has 2 atom stereocenters. The molecule has 7 nitrogen and oxygen atoms in total. The van der Waals surface area contributed by atoms with Gasteiger partial charge < -0.3 is 14.3 Å². The highest BCUT2D eigenvalue weighted by Crippen LogP contribution is 2.20. The fourth-order valence-corrected chi connectivity index (χ4v) is 2.28. The second-order valence-corrected chi connectivity index (χ2v) is 5.08. The topological polar surface area (TPSA) is 101 Å². The summed E-state index contributed by atoms with van der Waals surface area (Å²) in [7, 11) is 0. The highest BCUT2D eigenvalue weighted by atomic mass is 16.5. The van der Waals surface area contributed by atoms with E-state index in [4.69, 9.17) is 15.0 Å². The normalized spacial score (nSPS) is 23.8. The number of nitrogens with one attached hydrogen (secondary N) is 1. The van der Waals surface area contributed by atoms with Gasteiger partial charge in [0.25, 0.3) is 0 Å². The van der Waals surface area contributed by atoms with Crippen LogP contribution in [0.3, 0.4) is 0 Å². The average Bonchev–Trinajstić information content (AvgIpc) is 2.81. The van der Waals surface area contributed by atoms with Crippen molar-refractivity contribution >= 4 is 5.91 Å². The van der Waals surface area contributed by atoms with E-state index in [2.05, 4.69) is 17.2 Å². The van der Waals surface area contributed by atoms with Crippen LogP contribution in [0.1, 0.15) is 28.8 Å². The number of nitrogen functional groups attached to an aromatic ring is 1. The van der Waals surface area contributed by atoms with Gasteiger partial charge in [-0.25, -0.2) is 5.84 Å². The molecule has 0 radical (unpaired) electrons. The van der Waals surface area contributed by atoms with E-state index in [0.29, 0.717) is 25.5 Å². The number of nitrogens with zero attached hydrogens (tertiary/aromatic N) is 1. The molecule has 1 aliphatic heterocycles. The van der Waals surface area contributed by atoms with Gasteiger partial charge in [-0.3, -0.25) is 15.1 Å². The number of ether oxygens (including phenoxy) is 1. The second-order valence-electron chi connectivity index (χ2n) is 5.08. The maximum atomic E-state index is 11.4. The van der Waals surface area contributed by atoms with Gasteiger partial charge in [0.1, 0.15) is 5.76 Å². The van der Waals surface area contributed by atoms with Gasteiger partial charge in [-0.2, -0.15) is 0 Å². The van der Waals surface area contributed by atoms with Gasteiger partial charge in [0.2, 0.25) is 0 Å². The maximum absolute atomic E-state index is 11.4. The number of hydrazine groups is 1. The Labute approximate surface area is 117 Å². The molecule has 7 heteroatoms. The van der Waals surface area contributed by atoms with Gasteiger partial charge in [-0.1, -0.05) is 0 Å². The summed E-state index contributed by atoms with van der Waals surface area (Å²) in [5, 5.41) is 9.19. The number of nitrogens with two attached hydrogens (primary N) is 1. The highest BCUT2D eigenvalue weighted by molar-refractivity contribution is 5.91. The van der Waals surface area contributed by atoms with E-state index in [0.717, 1.165) is 5.56 Å². The summed E-state index contributed by atoms with van der Waals surface area (Å²) in [6.45, 7) is 5.77. The fourth-order valence-electron chi connectivity index (χ4n) is 2.28. The van der Waals surface area contributed by atoms with Crippen LogP contribution in [0.2, 0.25) is 0 Å². The molecule has 20 heavy (non-hydrogen) atoms. The number of hydrogen-bond acceptors (Lipinski definition) is 6. The van der Waals surface area contributed by atoms with Crippen molar-refractivity contribution in [2.45, 2.75) is 32.5 Å². The number of aryl methyl sites for hydroxylation is 1. The van der Waals surface area contributed by atoms with Crippen LogP contribution >= 0.6 is 0 Å². The number of hydrogen-bond donors (Lipinski definition) is 3. The summed E-state index contributed by atoms with van der Waals surface area (Å²) in [5.41, 5.74) is 2.99. The van der Waals surface area contributed by atoms with Gasteiger partial charge in [0.15, 0.2) is 5.76 Å². The van der Waals surface area contributed by atoms with Crippen LogP contribution in [0.5, 0.6) is 0 Å². The van der Waals surface area contributed by atoms with Crippen molar-refractivity contribution in [3.8, 4) is 0 Å². The van der Waals surface area contributed by atoms with E-state index >= 15 is 0 Å². The molecule has 0 spiro atoms. The Kier molecular flexibility index (Phi) is 4.77. The molecule has 2 unspecified atom stereocenters. The minimum Gasteiger partial charge on any atom is -0.456 e. The van der Waals surface area contributed by atoms with Crippen LogP contribution in [0.25, 0.3) is 0 Å². The molecule has 1 amide bonds. The first-order valence-corrected chi connectivity index (χ1v) is 6.62. The Morgan fingerprint density at radius 1 is 1.65 bits per heavy atom. The quantitative estimate of drug-likeness (QED) is 0.401. The summed E-state index contributed by atoms with van der Waals surface area (Å²) in [6.07, 6.45) is -0.162. The van der Waals surface area contributed by atoms with Gasteiger partial charge >= 0.3 is 5.91 Å². The van der Waals surface area contributed by atoms with Crippen LogP contribution in [0.15, 0.2) is 10.5 Å². The Morgan fingerprint density at radius 3 is 3.05 bits per heavy atom. The van der Waals surface area contributed by atoms with Crippen LogP contribution in [-0.4, -0.2) is 47.8 Å². The van der Waals surface area contributed by atoms with E-state index in [1.165, 1.54) is 0 Å². The Bertz CT molecular complexity index is 474. The molecule has 0 aromatic carbocycles. The average molecular weight is 283 g/mol. The molecular weight excluding hydrogens is 262 g/mol. The zero-order valence-electron chi connectivity index (χ0n) is 11.8. The van der Waals surface area contributed by atoms with Crippen molar-refractivity contribution in [3.05, 3.63) is 23.2 Å². The van der Waals surface area contributed by atoms with Crippen molar-refractivity contribution in [1.82, 2.24) is 10.3 Å². The number of aliphatic hydroxyl groups excluding tert-OH is 1. The molecule has 2 heterocycles. The minimum absolute atomic E-state index is 0.00835. The lowest BCUT2D eigenvalue weighted by atomic mass is 10.1. The predicted octanol–water partition coefficient (Wildman–Crippen LogP) is -0.227. The lowest BCUT2D eigenvalue weighted by Gasteiger charge is -2.37. The molecule has 2 rings (SSSR count). The van der Waals surface area contributed by atoms with Gasteiger partial charge in [-0.15, -0.1) is 0 Å². The third-order valence-corrected chi connectivity index (χ3v) is 3.59. The van der Waals surface area contributed by atoms with Crippen molar-refractivity contribution in [2.24, 2.45) is 5.84 Å². The summed E-state index contributed by atoms with van der Waals surface area (Å²) in [5.74, 6) is 5.55. The number of furan rings is 1. The summed E-state index contributed by atoms with van der Waals surface area (Å²) >= 11 is 0.